The van der Waals surface area contributed by atoms with Gasteiger partial charge in [-0.1, -0.05) is 44.2 Å². The van der Waals surface area contributed by atoms with Crippen molar-refractivity contribution in [3.05, 3.63) is 72.7 Å². The monoisotopic (exact) mass is 443 g/mol. The molecule has 33 heavy (non-hydrogen) atoms. The SMILES string of the molecule is CC(Nc1nccc(-n2cnc3cc(NCC(C)(C)CN(C)C)ccc32)n1)c1ccccc1. The highest BCUT2D eigenvalue weighted by atomic mass is 15.2. The second-order valence-corrected chi connectivity index (χ2v) is 9.59. The van der Waals surface area contributed by atoms with Crippen molar-refractivity contribution in [2.45, 2.75) is 26.8 Å². The molecule has 7 heteroatoms. The molecule has 2 heterocycles. The molecule has 2 aromatic heterocycles. The van der Waals surface area contributed by atoms with E-state index < -0.39 is 0 Å². The Labute approximate surface area is 195 Å². The third kappa shape index (κ3) is 5.68. The lowest BCUT2D eigenvalue weighted by Crippen LogP contribution is -2.34. The maximum Gasteiger partial charge on any atom is 0.225 e. The summed E-state index contributed by atoms with van der Waals surface area (Å²) in [5.41, 5.74) is 4.36. The van der Waals surface area contributed by atoms with Crippen LogP contribution in [0.3, 0.4) is 0 Å². The smallest absolute Gasteiger partial charge is 0.225 e. The van der Waals surface area contributed by atoms with Gasteiger partial charge in [-0.3, -0.25) is 4.57 Å². The first-order chi connectivity index (χ1) is 15.8. The number of fused-ring (bicyclic) bond motifs is 1. The molecule has 0 saturated heterocycles. The number of rotatable bonds is 9. The average molecular weight is 444 g/mol. The zero-order chi connectivity index (χ0) is 23.4. The minimum atomic E-state index is 0.103. The van der Waals surface area contributed by atoms with Crippen molar-refractivity contribution in [1.82, 2.24) is 24.4 Å². The molecule has 1 unspecified atom stereocenters. The third-order valence-electron chi connectivity index (χ3n) is 5.60. The maximum absolute atomic E-state index is 4.73. The van der Waals surface area contributed by atoms with E-state index in [4.69, 9.17) is 4.98 Å². The summed E-state index contributed by atoms with van der Waals surface area (Å²) in [5, 5.41) is 6.96. The summed E-state index contributed by atoms with van der Waals surface area (Å²) < 4.78 is 2.00. The molecule has 0 fully saturated rings. The van der Waals surface area contributed by atoms with E-state index in [-0.39, 0.29) is 11.5 Å². The van der Waals surface area contributed by atoms with E-state index in [0.29, 0.717) is 5.95 Å². The molecular formula is C26H33N7. The van der Waals surface area contributed by atoms with Crippen molar-refractivity contribution in [1.29, 1.82) is 0 Å². The molecule has 1 atom stereocenters. The number of anilines is 2. The molecule has 0 spiro atoms. The standard InChI is InChI=1S/C26H33N7/c1-19(20-9-7-6-8-10-20)30-25-27-14-13-24(31-25)33-18-29-22-15-21(11-12-23(22)33)28-16-26(2,3)17-32(4)5/h6-15,18-19,28H,16-17H2,1-5H3,(H,27,30,31). The lowest BCUT2D eigenvalue weighted by molar-refractivity contribution is 0.254. The van der Waals surface area contributed by atoms with Crippen LogP contribution in [0, 0.1) is 5.41 Å². The molecule has 172 valence electrons. The molecule has 0 aliphatic carbocycles. The number of nitrogens with one attached hydrogen (secondary N) is 2. The zero-order valence-electron chi connectivity index (χ0n) is 20.1. The minimum Gasteiger partial charge on any atom is -0.384 e. The van der Waals surface area contributed by atoms with E-state index in [1.807, 2.05) is 35.2 Å². The van der Waals surface area contributed by atoms with Crippen molar-refractivity contribution in [3.63, 3.8) is 0 Å². The van der Waals surface area contributed by atoms with Crippen LogP contribution in [0.2, 0.25) is 0 Å². The Hall–Kier alpha value is -3.45. The van der Waals surface area contributed by atoms with Gasteiger partial charge in [0.25, 0.3) is 0 Å². The number of nitrogens with zero attached hydrogens (tertiary/aromatic N) is 5. The summed E-state index contributed by atoms with van der Waals surface area (Å²) >= 11 is 0. The lowest BCUT2D eigenvalue weighted by atomic mass is 9.93. The zero-order valence-corrected chi connectivity index (χ0v) is 20.1. The quantitative estimate of drug-likeness (QED) is 0.380. The van der Waals surface area contributed by atoms with Gasteiger partial charge in [0.1, 0.15) is 12.1 Å². The van der Waals surface area contributed by atoms with Gasteiger partial charge < -0.3 is 15.5 Å². The van der Waals surface area contributed by atoms with Gasteiger partial charge in [-0.25, -0.2) is 9.97 Å². The molecule has 2 N–H and O–H groups in total. The van der Waals surface area contributed by atoms with Crippen LogP contribution >= 0.6 is 0 Å². The van der Waals surface area contributed by atoms with E-state index in [9.17, 15) is 0 Å². The van der Waals surface area contributed by atoms with Gasteiger partial charge >= 0.3 is 0 Å². The Morgan fingerprint density at radius 3 is 2.58 bits per heavy atom. The fourth-order valence-corrected chi connectivity index (χ4v) is 4.13. The van der Waals surface area contributed by atoms with E-state index in [1.165, 1.54) is 5.56 Å². The molecule has 7 nitrogen and oxygen atoms in total. The summed E-state index contributed by atoms with van der Waals surface area (Å²) in [7, 11) is 4.22. The minimum absolute atomic E-state index is 0.103. The molecule has 0 aliphatic heterocycles. The fraction of sp³-hybridized carbons (Fsp3) is 0.346. The molecule has 4 rings (SSSR count). The summed E-state index contributed by atoms with van der Waals surface area (Å²) in [6, 6.07) is 18.6. The fourth-order valence-electron chi connectivity index (χ4n) is 4.13. The van der Waals surface area contributed by atoms with Gasteiger partial charge in [0, 0.05) is 25.0 Å². The van der Waals surface area contributed by atoms with Crippen LogP contribution in [-0.4, -0.2) is 51.6 Å². The van der Waals surface area contributed by atoms with E-state index in [1.54, 1.807) is 6.20 Å². The predicted molar refractivity (Wildman–Crippen MR) is 136 cm³/mol. The topological polar surface area (TPSA) is 70.9 Å². The summed E-state index contributed by atoms with van der Waals surface area (Å²) in [6.45, 7) is 8.55. The first-order valence-corrected chi connectivity index (χ1v) is 11.3. The summed E-state index contributed by atoms with van der Waals surface area (Å²) in [4.78, 5) is 16.0. The Balaban J connectivity index is 1.50. The molecule has 2 aromatic carbocycles. The van der Waals surface area contributed by atoms with Crippen LogP contribution in [0.1, 0.15) is 32.4 Å². The summed E-state index contributed by atoms with van der Waals surface area (Å²) in [5.74, 6) is 1.37. The van der Waals surface area contributed by atoms with Crippen molar-refractivity contribution in [2.75, 3.05) is 37.8 Å². The number of hydrogen-bond donors (Lipinski definition) is 2. The number of aromatic nitrogens is 4. The number of imidazole rings is 1. The van der Waals surface area contributed by atoms with Crippen LogP contribution in [0.4, 0.5) is 11.6 Å². The van der Waals surface area contributed by atoms with Gasteiger partial charge in [0.15, 0.2) is 0 Å². The molecule has 0 amide bonds. The van der Waals surface area contributed by atoms with E-state index in [0.717, 1.165) is 35.6 Å². The lowest BCUT2D eigenvalue weighted by Gasteiger charge is -2.28. The van der Waals surface area contributed by atoms with Crippen molar-refractivity contribution in [2.24, 2.45) is 5.41 Å². The van der Waals surface area contributed by atoms with Gasteiger partial charge in [0.2, 0.25) is 5.95 Å². The van der Waals surface area contributed by atoms with Crippen LogP contribution in [0.15, 0.2) is 67.1 Å². The van der Waals surface area contributed by atoms with Crippen LogP contribution in [0.5, 0.6) is 0 Å². The molecule has 0 aliphatic rings. The molecule has 4 aromatic rings. The van der Waals surface area contributed by atoms with Crippen LogP contribution in [0.25, 0.3) is 16.9 Å². The van der Waals surface area contributed by atoms with Crippen LogP contribution < -0.4 is 10.6 Å². The summed E-state index contributed by atoms with van der Waals surface area (Å²) in [6.07, 6.45) is 3.59. The van der Waals surface area contributed by atoms with E-state index in [2.05, 4.69) is 90.7 Å². The highest BCUT2D eigenvalue weighted by Gasteiger charge is 2.19. The molecule has 0 bridgehead atoms. The van der Waals surface area contributed by atoms with E-state index >= 15 is 0 Å². The van der Waals surface area contributed by atoms with Gasteiger partial charge in [0.05, 0.1) is 17.1 Å². The first kappa shape index (κ1) is 22.7. The Morgan fingerprint density at radius 1 is 1.03 bits per heavy atom. The Kier molecular flexibility index (Phi) is 6.60. The molecular weight excluding hydrogens is 410 g/mol. The Morgan fingerprint density at radius 2 is 1.82 bits per heavy atom. The van der Waals surface area contributed by atoms with Crippen molar-refractivity contribution < 1.29 is 0 Å². The van der Waals surface area contributed by atoms with Gasteiger partial charge in [-0.05, 0) is 56.3 Å². The van der Waals surface area contributed by atoms with Crippen LogP contribution in [-0.2, 0) is 0 Å². The molecule has 0 radical (unpaired) electrons. The predicted octanol–water partition coefficient (Wildman–Crippen LogP) is 4.99. The largest absolute Gasteiger partial charge is 0.384 e. The van der Waals surface area contributed by atoms with Gasteiger partial charge in [-0.2, -0.15) is 4.98 Å². The molecule has 0 saturated carbocycles. The average Bonchev–Trinajstić information content (AvgIpc) is 3.21. The second-order valence-electron chi connectivity index (χ2n) is 9.59. The normalized spacial score (nSPS) is 12.8. The number of benzene rings is 2. The second kappa shape index (κ2) is 9.58. The first-order valence-electron chi connectivity index (χ1n) is 11.3. The highest BCUT2D eigenvalue weighted by Crippen LogP contribution is 2.24. The highest BCUT2D eigenvalue weighted by molar-refractivity contribution is 5.81. The Bertz CT molecular complexity index is 1200. The van der Waals surface area contributed by atoms with Crippen molar-refractivity contribution in [3.8, 4) is 5.82 Å². The van der Waals surface area contributed by atoms with Crippen molar-refractivity contribution >= 4 is 22.7 Å². The maximum atomic E-state index is 4.73. The van der Waals surface area contributed by atoms with Gasteiger partial charge in [-0.15, -0.1) is 0 Å². The third-order valence-corrected chi connectivity index (χ3v) is 5.60. The number of hydrogen-bond acceptors (Lipinski definition) is 6.